The van der Waals surface area contributed by atoms with Gasteiger partial charge < -0.3 is 4.90 Å². The number of rotatable bonds is 2. The van der Waals surface area contributed by atoms with Crippen LogP contribution in [0, 0.1) is 0 Å². The van der Waals surface area contributed by atoms with Crippen molar-refractivity contribution in [3.8, 4) is 0 Å². The van der Waals surface area contributed by atoms with Gasteiger partial charge in [-0.05, 0) is 37.3 Å². The molecule has 0 bridgehead atoms. The molecule has 18 heavy (non-hydrogen) atoms. The van der Waals surface area contributed by atoms with E-state index < -0.39 is 0 Å². The van der Waals surface area contributed by atoms with Crippen molar-refractivity contribution in [2.45, 2.75) is 23.1 Å². The van der Waals surface area contributed by atoms with Gasteiger partial charge in [0.1, 0.15) is 0 Å². The lowest BCUT2D eigenvalue weighted by atomic mass is 10.1. The summed E-state index contributed by atoms with van der Waals surface area (Å²) in [5.41, 5.74) is 0.578. The standard InChI is InChI=1S/C13H15Cl2NOS/c1-18-10-4-5-12(15)11(7-10)13(17)16-6-2-3-9(14)8-16/h4-5,7,9H,2-3,6,8H2,1H3. The van der Waals surface area contributed by atoms with E-state index in [1.54, 1.807) is 22.7 Å². The molecule has 1 aromatic rings. The zero-order chi connectivity index (χ0) is 13.1. The van der Waals surface area contributed by atoms with Gasteiger partial charge in [0.05, 0.1) is 16.0 Å². The second kappa shape index (κ2) is 6.18. The molecule has 0 aromatic heterocycles. The molecule has 5 heteroatoms. The van der Waals surface area contributed by atoms with Gasteiger partial charge in [-0.1, -0.05) is 11.6 Å². The average Bonchev–Trinajstić information content (AvgIpc) is 2.38. The van der Waals surface area contributed by atoms with Crippen LogP contribution in [0.3, 0.4) is 0 Å². The highest BCUT2D eigenvalue weighted by molar-refractivity contribution is 7.98. The first-order valence-corrected chi connectivity index (χ1v) is 7.92. The summed E-state index contributed by atoms with van der Waals surface area (Å²) in [5, 5.41) is 0.569. The summed E-state index contributed by atoms with van der Waals surface area (Å²) < 4.78 is 0. The first-order valence-electron chi connectivity index (χ1n) is 5.88. The van der Waals surface area contributed by atoms with E-state index in [1.807, 2.05) is 18.4 Å². The molecule has 0 spiro atoms. The number of likely N-dealkylation sites (tertiary alicyclic amines) is 1. The number of carbonyl (C=O) groups excluding carboxylic acids is 1. The number of alkyl halides is 1. The number of benzene rings is 1. The molecule has 0 aliphatic carbocycles. The second-order valence-corrected chi connectivity index (χ2v) is 6.24. The van der Waals surface area contributed by atoms with Gasteiger partial charge in [-0.2, -0.15) is 0 Å². The fourth-order valence-corrected chi connectivity index (χ4v) is 3.03. The van der Waals surface area contributed by atoms with Crippen molar-refractivity contribution >= 4 is 40.9 Å². The van der Waals surface area contributed by atoms with E-state index in [4.69, 9.17) is 23.2 Å². The van der Waals surface area contributed by atoms with Crippen LogP contribution in [-0.4, -0.2) is 35.5 Å². The van der Waals surface area contributed by atoms with Crippen LogP contribution >= 0.6 is 35.0 Å². The smallest absolute Gasteiger partial charge is 0.255 e. The molecule has 1 unspecified atom stereocenters. The van der Waals surface area contributed by atoms with Gasteiger partial charge in [-0.15, -0.1) is 23.4 Å². The highest BCUT2D eigenvalue weighted by Gasteiger charge is 2.24. The van der Waals surface area contributed by atoms with Gasteiger partial charge in [-0.25, -0.2) is 0 Å². The van der Waals surface area contributed by atoms with Crippen molar-refractivity contribution in [1.29, 1.82) is 0 Å². The van der Waals surface area contributed by atoms with E-state index in [0.717, 1.165) is 24.3 Å². The molecule has 1 atom stereocenters. The molecule has 0 saturated carbocycles. The predicted molar refractivity (Wildman–Crippen MR) is 78.0 cm³/mol. The summed E-state index contributed by atoms with van der Waals surface area (Å²) in [6, 6.07) is 5.56. The van der Waals surface area contributed by atoms with Gasteiger partial charge >= 0.3 is 0 Å². The summed E-state index contributed by atoms with van der Waals surface area (Å²) in [6.07, 6.45) is 3.91. The molecule has 1 aromatic carbocycles. The number of hydrogen-bond donors (Lipinski definition) is 0. The Labute approximate surface area is 122 Å². The molecule has 1 aliphatic heterocycles. The van der Waals surface area contributed by atoms with Crippen LogP contribution in [0.25, 0.3) is 0 Å². The summed E-state index contributed by atoms with van der Waals surface area (Å²) in [7, 11) is 0. The van der Waals surface area contributed by atoms with E-state index >= 15 is 0 Å². The van der Waals surface area contributed by atoms with Crippen molar-refractivity contribution in [2.75, 3.05) is 19.3 Å². The monoisotopic (exact) mass is 303 g/mol. The lowest BCUT2D eigenvalue weighted by Crippen LogP contribution is -2.40. The van der Waals surface area contributed by atoms with Gasteiger partial charge in [-0.3, -0.25) is 4.79 Å². The Morgan fingerprint density at radius 3 is 2.94 bits per heavy atom. The van der Waals surface area contributed by atoms with Crippen LogP contribution in [0.2, 0.25) is 5.02 Å². The fourth-order valence-electron chi connectivity index (χ4n) is 2.08. The average molecular weight is 304 g/mol. The third-order valence-corrected chi connectivity index (χ3v) is 4.47. The van der Waals surface area contributed by atoms with Gasteiger partial charge in [0.2, 0.25) is 0 Å². The lowest BCUT2D eigenvalue weighted by molar-refractivity contribution is 0.0727. The summed E-state index contributed by atoms with van der Waals surface area (Å²) in [4.78, 5) is 15.2. The third-order valence-electron chi connectivity index (χ3n) is 3.06. The number of thioether (sulfide) groups is 1. The van der Waals surface area contributed by atoms with Gasteiger partial charge in [0.25, 0.3) is 5.91 Å². The Hall–Kier alpha value is -0.380. The number of piperidine rings is 1. The van der Waals surface area contributed by atoms with Crippen molar-refractivity contribution < 1.29 is 4.79 Å². The molecule has 1 amide bonds. The fraction of sp³-hybridized carbons (Fsp3) is 0.462. The second-order valence-electron chi connectivity index (χ2n) is 4.34. The quantitative estimate of drug-likeness (QED) is 0.610. The summed E-state index contributed by atoms with van der Waals surface area (Å²) in [6.45, 7) is 1.38. The first kappa shape index (κ1) is 14.0. The molecule has 1 aliphatic rings. The maximum atomic E-state index is 12.4. The predicted octanol–water partition coefficient (Wildman–Crippen LogP) is 3.91. The Morgan fingerprint density at radius 1 is 1.50 bits per heavy atom. The number of carbonyl (C=O) groups is 1. The molecular weight excluding hydrogens is 289 g/mol. The molecule has 0 N–H and O–H groups in total. The molecule has 1 saturated heterocycles. The van der Waals surface area contributed by atoms with E-state index in [0.29, 0.717) is 17.1 Å². The highest BCUT2D eigenvalue weighted by Crippen LogP contribution is 2.25. The zero-order valence-electron chi connectivity index (χ0n) is 10.2. The molecule has 1 fully saturated rings. The Bertz CT molecular complexity index is 453. The minimum Gasteiger partial charge on any atom is -0.337 e. The Kier molecular flexibility index (Phi) is 4.82. The number of amides is 1. The van der Waals surface area contributed by atoms with Crippen molar-refractivity contribution in [3.05, 3.63) is 28.8 Å². The van der Waals surface area contributed by atoms with E-state index in [2.05, 4.69) is 0 Å². The Balaban J connectivity index is 2.22. The topological polar surface area (TPSA) is 20.3 Å². The summed E-state index contributed by atoms with van der Waals surface area (Å²) in [5.74, 6) is -0.0127. The lowest BCUT2D eigenvalue weighted by Gasteiger charge is -2.30. The van der Waals surface area contributed by atoms with Crippen LogP contribution in [0.1, 0.15) is 23.2 Å². The van der Waals surface area contributed by atoms with Crippen molar-refractivity contribution in [3.63, 3.8) is 0 Å². The molecule has 2 rings (SSSR count). The highest BCUT2D eigenvalue weighted by atomic mass is 35.5. The maximum Gasteiger partial charge on any atom is 0.255 e. The summed E-state index contributed by atoms with van der Waals surface area (Å²) >= 11 is 13.8. The normalized spacial score (nSPS) is 19.9. The van der Waals surface area contributed by atoms with Crippen LogP contribution in [0.15, 0.2) is 23.1 Å². The largest absolute Gasteiger partial charge is 0.337 e. The van der Waals surface area contributed by atoms with E-state index in [9.17, 15) is 4.79 Å². The van der Waals surface area contributed by atoms with E-state index in [1.165, 1.54) is 0 Å². The maximum absolute atomic E-state index is 12.4. The van der Waals surface area contributed by atoms with Crippen LogP contribution in [0.4, 0.5) is 0 Å². The SMILES string of the molecule is CSc1ccc(Cl)c(C(=O)N2CCCC(Cl)C2)c1. The number of nitrogens with zero attached hydrogens (tertiary/aromatic N) is 1. The van der Waals surface area contributed by atoms with Gasteiger partial charge in [0.15, 0.2) is 0 Å². The first-order chi connectivity index (χ1) is 8.61. The number of halogens is 2. The molecule has 2 nitrogen and oxygen atoms in total. The molecule has 1 heterocycles. The van der Waals surface area contributed by atoms with E-state index in [-0.39, 0.29) is 11.3 Å². The molecular formula is C13H15Cl2NOS. The van der Waals surface area contributed by atoms with Crippen LogP contribution in [0.5, 0.6) is 0 Å². The van der Waals surface area contributed by atoms with Crippen molar-refractivity contribution in [2.24, 2.45) is 0 Å². The van der Waals surface area contributed by atoms with Crippen molar-refractivity contribution in [1.82, 2.24) is 4.90 Å². The van der Waals surface area contributed by atoms with Crippen LogP contribution < -0.4 is 0 Å². The van der Waals surface area contributed by atoms with Gasteiger partial charge in [0, 0.05) is 18.0 Å². The minimum atomic E-state index is -0.0127. The zero-order valence-corrected chi connectivity index (χ0v) is 12.5. The van der Waals surface area contributed by atoms with Crippen LogP contribution in [-0.2, 0) is 0 Å². The third kappa shape index (κ3) is 3.14. The number of hydrogen-bond acceptors (Lipinski definition) is 2. The Morgan fingerprint density at radius 2 is 2.28 bits per heavy atom. The minimum absolute atomic E-state index is 0.0127. The molecule has 0 radical (unpaired) electrons. The molecule has 98 valence electrons.